The number of thiocarbonyl (C=S) groups is 2. The number of fused-ring (bicyclic) bond motifs is 6. The Morgan fingerprint density at radius 1 is 0.617 bits per heavy atom. The van der Waals surface area contributed by atoms with Gasteiger partial charge < -0.3 is 18.9 Å². The van der Waals surface area contributed by atoms with E-state index < -0.39 is 11.6 Å². The molecule has 2 heterocycles. The summed E-state index contributed by atoms with van der Waals surface area (Å²) in [4.78, 5) is 13.2. The highest BCUT2D eigenvalue weighted by Crippen LogP contribution is 2.57. The zero-order valence-electron chi connectivity index (χ0n) is 24.5. The van der Waals surface area contributed by atoms with Gasteiger partial charge >= 0.3 is 5.97 Å². The van der Waals surface area contributed by atoms with Crippen molar-refractivity contribution in [1.82, 2.24) is 0 Å². The largest absolute Gasteiger partial charge is 0.456 e. The second-order valence-corrected chi connectivity index (χ2v) is 16.2. The molecule has 5 nitrogen and oxygen atoms in total. The molecule has 0 N–H and O–H groups in total. The van der Waals surface area contributed by atoms with Gasteiger partial charge in [0.25, 0.3) is 0 Å². The van der Waals surface area contributed by atoms with Crippen molar-refractivity contribution in [3.05, 3.63) is 155 Å². The minimum atomic E-state index is -1.21. The lowest BCUT2D eigenvalue weighted by molar-refractivity contribution is 0.0224. The smallest absolute Gasteiger partial charge is 0.340 e. The van der Waals surface area contributed by atoms with Crippen molar-refractivity contribution in [3.8, 4) is 23.0 Å². The Kier molecular flexibility index (Phi) is 9.80. The fraction of sp³-hybridized carbons (Fsp3) is 0.0833. The Bertz CT molecular complexity index is 1860. The molecule has 0 aromatic heterocycles. The fourth-order valence-electron chi connectivity index (χ4n) is 5.43. The molecule has 47 heavy (non-hydrogen) atoms. The standard InChI is InChI=1S/C36H24O5S6/c37-33-27-13-7-8-14-28(27)36(41-33)29-17-15-25(38-34(42)46-44-21-23-9-3-1-4-10-23)19-31(29)40-32-20-26(16-18-30(32)36)39-35(43)47-45-22-24-11-5-2-6-12-24/h1-20H,21-22H2. The van der Waals surface area contributed by atoms with Crippen LogP contribution in [0.4, 0.5) is 0 Å². The highest BCUT2D eigenvalue weighted by molar-refractivity contribution is 8.83. The third-order valence-electron chi connectivity index (χ3n) is 7.45. The number of hydrogen-bond donors (Lipinski definition) is 0. The van der Waals surface area contributed by atoms with E-state index in [9.17, 15) is 4.79 Å². The van der Waals surface area contributed by atoms with Crippen molar-refractivity contribution in [2.24, 2.45) is 0 Å². The molecular formula is C36H24O5S6. The molecule has 0 fully saturated rings. The lowest BCUT2D eigenvalue weighted by atomic mass is 9.77. The minimum Gasteiger partial charge on any atom is -0.456 e. The second kappa shape index (κ2) is 14.3. The van der Waals surface area contributed by atoms with Crippen LogP contribution in [0.25, 0.3) is 0 Å². The number of rotatable bonds is 8. The normalized spacial score (nSPS) is 13.5. The molecular weight excluding hydrogens is 705 g/mol. The number of ether oxygens (including phenoxy) is 4. The maximum atomic E-state index is 13.2. The van der Waals surface area contributed by atoms with E-state index >= 15 is 0 Å². The Labute approximate surface area is 298 Å². The highest BCUT2D eigenvalue weighted by atomic mass is 33.1. The van der Waals surface area contributed by atoms with E-state index in [1.807, 2.05) is 78.9 Å². The van der Waals surface area contributed by atoms with E-state index in [1.165, 1.54) is 32.7 Å². The number of carbonyl (C=O) groups excluding carboxylic acids is 1. The fourth-order valence-corrected chi connectivity index (χ4v) is 9.67. The summed E-state index contributed by atoms with van der Waals surface area (Å²) in [5.74, 6) is 3.18. The SMILES string of the molecule is O=C1OC2(c3ccc(OC(=S)SSCc4ccccc4)cc3Oc3cc(OC(=S)SSCc4ccccc4)ccc32)c2ccccc21. The predicted molar refractivity (Wildman–Crippen MR) is 202 cm³/mol. The first-order valence-corrected chi connectivity index (χ1v) is 19.9. The van der Waals surface area contributed by atoms with Crippen molar-refractivity contribution in [2.75, 3.05) is 0 Å². The highest BCUT2D eigenvalue weighted by Gasteiger charge is 2.53. The second-order valence-electron chi connectivity index (χ2n) is 10.4. The molecule has 1 spiro atoms. The van der Waals surface area contributed by atoms with Crippen LogP contribution in [-0.2, 0) is 21.8 Å². The predicted octanol–water partition coefficient (Wildman–Crippen LogP) is 10.7. The maximum absolute atomic E-state index is 13.2. The van der Waals surface area contributed by atoms with Gasteiger partial charge in [0, 0.05) is 40.3 Å². The van der Waals surface area contributed by atoms with Crippen LogP contribution in [0.1, 0.15) is 38.2 Å². The number of hydrogen-bond acceptors (Lipinski definition) is 11. The minimum absolute atomic E-state index is 0.376. The van der Waals surface area contributed by atoms with Crippen LogP contribution in [0.15, 0.2) is 121 Å². The molecule has 5 aromatic rings. The van der Waals surface area contributed by atoms with Crippen LogP contribution in [-0.4, -0.2) is 14.7 Å². The van der Waals surface area contributed by atoms with E-state index in [0.29, 0.717) is 48.5 Å². The van der Waals surface area contributed by atoms with Crippen molar-refractivity contribution in [1.29, 1.82) is 0 Å². The third kappa shape index (κ3) is 6.92. The summed E-state index contributed by atoms with van der Waals surface area (Å²) < 4.78 is 25.6. The van der Waals surface area contributed by atoms with Gasteiger partial charge in [0.1, 0.15) is 23.0 Å². The molecule has 11 heteroatoms. The first-order chi connectivity index (χ1) is 23.0. The van der Waals surface area contributed by atoms with Crippen molar-refractivity contribution in [2.45, 2.75) is 17.1 Å². The van der Waals surface area contributed by atoms with Crippen LogP contribution < -0.4 is 14.2 Å². The summed E-state index contributed by atoms with van der Waals surface area (Å²) in [6, 6.07) is 38.7. The average molecular weight is 729 g/mol. The molecule has 7 rings (SSSR count). The van der Waals surface area contributed by atoms with Gasteiger partial charge in [-0.05, 0) is 87.5 Å². The Morgan fingerprint density at radius 3 is 1.64 bits per heavy atom. The molecule has 2 aliphatic rings. The van der Waals surface area contributed by atoms with Gasteiger partial charge in [-0.25, -0.2) is 4.79 Å². The molecule has 0 amide bonds. The van der Waals surface area contributed by atoms with E-state index in [-0.39, 0.29) is 0 Å². The summed E-state index contributed by atoms with van der Waals surface area (Å²) >= 11 is 11.1. The number of esters is 1. The van der Waals surface area contributed by atoms with Gasteiger partial charge in [0.2, 0.25) is 8.77 Å². The number of carbonyl (C=O) groups is 1. The third-order valence-corrected chi connectivity index (χ3v) is 12.6. The van der Waals surface area contributed by atoms with Gasteiger partial charge in [0.15, 0.2) is 5.60 Å². The van der Waals surface area contributed by atoms with Gasteiger partial charge in [-0.1, -0.05) is 100 Å². The van der Waals surface area contributed by atoms with Crippen LogP contribution in [0, 0.1) is 0 Å². The molecule has 0 radical (unpaired) electrons. The van der Waals surface area contributed by atoms with Crippen molar-refractivity contribution in [3.63, 3.8) is 0 Å². The summed E-state index contributed by atoms with van der Waals surface area (Å²) in [5.41, 5.74) is 3.82. The average Bonchev–Trinajstić information content (AvgIpc) is 3.38. The molecule has 0 bridgehead atoms. The van der Waals surface area contributed by atoms with E-state index in [0.717, 1.165) is 17.1 Å². The molecule has 234 valence electrons. The van der Waals surface area contributed by atoms with Crippen LogP contribution in [0.3, 0.4) is 0 Å². The van der Waals surface area contributed by atoms with Crippen LogP contribution in [0.2, 0.25) is 0 Å². The zero-order chi connectivity index (χ0) is 32.2. The summed E-state index contributed by atoms with van der Waals surface area (Å²) in [7, 11) is 6.00. The Hall–Kier alpha value is -3.45. The van der Waals surface area contributed by atoms with Crippen LogP contribution in [0.5, 0.6) is 23.0 Å². The van der Waals surface area contributed by atoms with E-state index in [1.54, 1.807) is 39.8 Å². The lowest BCUT2D eigenvalue weighted by Gasteiger charge is -2.36. The quantitative estimate of drug-likeness (QED) is 0.0872. The number of benzene rings is 5. The Balaban J connectivity index is 1.13. The monoisotopic (exact) mass is 728 g/mol. The van der Waals surface area contributed by atoms with Gasteiger partial charge in [0.05, 0.1) is 5.56 Å². The van der Waals surface area contributed by atoms with Crippen molar-refractivity contribution < 1.29 is 23.7 Å². The molecule has 0 saturated heterocycles. The molecule has 0 atom stereocenters. The molecule has 2 aliphatic heterocycles. The van der Waals surface area contributed by atoms with Gasteiger partial charge in [-0.3, -0.25) is 0 Å². The Morgan fingerprint density at radius 2 is 1.11 bits per heavy atom. The topological polar surface area (TPSA) is 54.0 Å². The lowest BCUT2D eigenvalue weighted by Crippen LogP contribution is -2.33. The molecule has 0 saturated carbocycles. The first kappa shape index (κ1) is 32.1. The van der Waals surface area contributed by atoms with E-state index in [2.05, 4.69) is 24.3 Å². The summed E-state index contributed by atoms with van der Waals surface area (Å²) in [6.07, 6.45) is 0. The van der Waals surface area contributed by atoms with Crippen LogP contribution >= 0.6 is 67.6 Å². The first-order valence-electron chi connectivity index (χ1n) is 14.4. The molecule has 5 aromatic carbocycles. The van der Waals surface area contributed by atoms with Gasteiger partial charge in [-0.15, -0.1) is 0 Å². The van der Waals surface area contributed by atoms with E-state index in [4.69, 9.17) is 43.4 Å². The van der Waals surface area contributed by atoms with Gasteiger partial charge in [-0.2, -0.15) is 0 Å². The zero-order valence-corrected chi connectivity index (χ0v) is 29.4. The molecule has 0 aliphatic carbocycles. The van der Waals surface area contributed by atoms with Crippen molar-refractivity contribution >= 4 is 82.3 Å². The summed E-state index contributed by atoms with van der Waals surface area (Å²) in [5, 5.41) is 0. The summed E-state index contributed by atoms with van der Waals surface area (Å²) in [6.45, 7) is 0. The molecule has 0 unspecified atom stereocenters. The maximum Gasteiger partial charge on any atom is 0.340 e.